The highest BCUT2D eigenvalue weighted by molar-refractivity contribution is 5.88. The van der Waals surface area contributed by atoms with E-state index in [1.54, 1.807) is 0 Å². The number of unbranched alkanes of at least 4 members (excludes halogenated alkanes) is 9. The summed E-state index contributed by atoms with van der Waals surface area (Å²) >= 11 is 0. The van der Waals surface area contributed by atoms with Gasteiger partial charge in [0.05, 0.1) is 0 Å². The van der Waals surface area contributed by atoms with E-state index in [4.69, 9.17) is 10.2 Å². The molecule has 26 heavy (non-hydrogen) atoms. The minimum Gasteiger partial charge on any atom is -0.481 e. The molecule has 0 fully saturated rings. The zero-order chi connectivity index (χ0) is 20.0. The van der Waals surface area contributed by atoms with Gasteiger partial charge in [0.2, 0.25) is 0 Å². The Labute approximate surface area is 161 Å². The molecule has 5 nitrogen and oxygen atoms in total. The summed E-state index contributed by atoms with van der Waals surface area (Å²) in [6.45, 7) is 10.9. The van der Waals surface area contributed by atoms with Gasteiger partial charge >= 0.3 is 11.9 Å². The van der Waals surface area contributed by atoms with Gasteiger partial charge in [0.1, 0.15) is 6.42 Å². The summed E-state index contributed by atoms with van der Waals surface area (Å²) < 4.78 is 0. The van der Waals surface area contributed by atoms with Gasteiger partial charge in [-0.1, -0.05) is 78.6 Å². The Morgan fingerprint density at radius 2 is 0.885 bits per heavy atom. The van der Waals surface area contributed by atoms with E-state index in [2.05, 4.69) is 25.7 Å². The molecule has 0 unspecified atom stereocenters. The highest BCUT2D eigenvalue weighted by Gasteiger charge is 2.04. The third-order valence-electron chi connectivity index (χ3n) is 4.29. The van der Waals surface area contributed by atoms with Crippen molar-refractivity contribution in [3.63, 3.8) is 0 Å². The third kappa shape index (κ3) is 25.1. The van der Waals surface area contributed by atoms with Crippen molar-refractivity contribution in [2.45, 2.75) is 104 Å². The monoisotopic (exact) mass is 373 g/mol. The van der Waals surface area contributed by atoms with Crippen LogP contribution in [0.3, 0.4) is 0 Å². The molecule has 0 aromatic heterocycles. The fourth-order valence-electron chi connectivity index (χ4n) is 2.75. The van der Waals surface area contributed by atoms with Crippen molar-refractivity contribution in [2.75, 3.05) is 19.6 Å². The minimum absolute atomic E-state index is 0.806. The molecule has 0 amide bonds. The molecule has 0 atom stereocenters. The Bertz CT molecular complexity index is 281. The van der Waals surface area contributed by atoms with E-state index in [0.29, 0.717) is 0 Å². The summed E-state index contributed by atoms with van der Waals surface area (Å²) in [5.74, 6) is -2.62. The van der Waals surface area contributed by atoms with Crippen LogP contribution in [0.1, 0.15) is 104 Å². The van der Waals surface area contributed by atoms with Crippen LogP contribution in [0.25, 0.3) is 0 Å². The van der Waals surface area contributed by atoms with Gasteiger partial charge < -0.3 is 15.1 Å². The van der Waals surface area contributed by atoms with Gasteiger partial charge in [-0.25, -0.2) is 0 Å². The molecule has 2 N–H and O–H groups in total. The van der Waals surface area contributed by atoms with Crippen LogP contribution in [0, 0.1) is 0 Å². The maximum Gasteiger partial charge on any atom is 0.314 e. The number of carboxylic acid groups (broad SMARTS) is 2. The lowest BCUT2D eigenvalue weighted by Crippen LogP contribution is -2.27. The molecular weight excluding hydrogens is 330 g/mol. The van der Waals surface area contributed by atoms with Gasteiger partial charge in [0, 0.05) is 0 Å². The first kappa shape index (κ1) is 27.1. The van der Waals surface area contributed by atoms with Crippen molar-refractivity contribution >= 4 is 11.9 Å². The molecule has 0 spiro atoms. The third-order valence-corrected chi connectivity index (χ3v) is 4.29. The predicted octanol–water partition coefficient (Wildman–Crippen LogP) is 5.58. The average Bonchev–Trinajstić information content (AvgIpc) is 2.58. The number of nitrogens with zero attached hydrogens (tertiary/aromatic N) is 1. The lowest BCUT2D eigenvalue weighted by atomic mass is 10.1. The molecule has 156 valence electrons. The summed E-state index contributed by atoms with van der Waals surface area (Å²) in [4.78, 5) is 21.6. The van der Waals surface area contributed by atoms with Gasteiger partial charge in [0.25, 0.3) is 0 Å². The molecule has 0 saturated heterocycles. The second-order valence-corrected chi connectivity index (χ2v) is 6.99. The van der Waals surface area contributed by atoms with E-state index in [-0.39, 0.29) is 0 Å². The Balaban J connectivity index is 0. The number of hydrogen-bond acceptors (Lipinski definition) is 3. The van der Waals surface area contributed by atoms with Gasteiger partial charge in [-0.3, -0.25) is 9.59 Å². The number of rotatable bonds is 17. The van der Waals surface area contributed by atoms with Crippen LogP contribution in [-0.4, -0.2) is 46.7 Å². The molecule has 0 aliphatic heterocycles. The van der Waals surface area contributed by atoms with E-state index in [1.165, 1.54) is 96.7 Å². The Morgan fingerprint density at radius 1 is 0.577 bits per heavy atom. The van der Waals surface area contributed by atoms with Crippen molar-refractivity contribution in [1.29, 1.82) is 0 Å². The lowest BCUT2D eigenvalue weighted by molar-refractivity contribution is -0.147. The highest BCUT2D eigenvalue weighted by Crippen LogP contribution is 2.08. The summed E-state index contributed by atoms with van der Waals surface area (Å²) in [6.07, 6.45) is 16.0. The summed E-state index contributed by atoms with van der Waals surface area (Å²) in [5.41, 5.74) is 0. The smallest absolute Gasteiger partial charge is 0.314 e. The lowest BCUT2D eigenvalue weighted by Gasteiger charge is -2.22. The normalized spacial score (nSPS) is 10.5. The van der Waals surface area contributed by atoms with Crippen LogP contribution in [0.5, 0.6) is 0 Å². The predicted molar refractivity (Wildman–Crippen MR) is 109 cm³/mol. The van der Waals surface area contributed by atoms with Crippen LogP contribution in [-0.2, 0) is 9.59 Å². The fourth-order valence-corrected chi connectivity index (χ4v) is 2.75. The molecule has 0 aliphatic rings. The van der Waals surface area contributed by atoms with Gasteiger partial charge in [-0.05, 0) is 38.9 Å². The standard InChI is InChI=1S/C18H39N.C3H4O4/c1-4-7-10-13-16-19(17-14-11-8-5-2)18-15-12-9-6-3;4-2(5)1-3(6)7/h4-18H2,1-3H3;1H2,(H,4,5)(H,6,7). The van der Waals surface area contributed by atoms with Crippen molar-refractivity contribution < 1.29 is 19.8 Å². The minimum atomic E-state index is -1.31. The largest absolute Gasteiger partial charge is 0.481 e. The molecule has 0 rings (SSSR count). The number of hydrogen-bond donors (Lipinski definition) is 2. The van der Waals surface area contributed by atoms with E-state index in [9.17, 15) is 9.59 Å². The van der Waals surface area contributed by atoms with Crippen LogP contribution in [0.2, 0.25) is 0 Å². The Morgan fingerprint density at radius 3 is 1.08 bits per heavy atom. The fraction of sp³-hybridized carbons (Fsp3) is 0.905. The molecule has 0 radical (unpaired) electrons. The van der Waals surface area contributed by atoms with Crippen molar-refractivity contribution in [2.24, 2.45) is 0 Å². The first-order valence-electron chi connectivity index (χ1n) is 10.6. The Hall–Kier alpha value is -1.10. The molecular formula is C21H43NO4. The van der Waals surface area contributed by atoms with E-state index < -0.39 is 18.4 Å². The molecule has 0 aromatic rings. The van der Waals surface area contributed by atoms with Crippen molar-refractivity contribution in [1.82, 2.24) is 4.90 Å². The number of aliphatic carboxylic acids is 2. The second-order valence-electron chi connectivity index (χ2n) is 6.99. The van der Waals surface area contributed by atoms with Gasteiger partial charge in [0.15, 0.2) is 0 Å². The topological polar surface area (TPSA) is 77.8 Å². The first-order chi connectivity index (χ1) is 12.5. The maximum atomic E-state index is 9.43. The summed E-state index contributed by atoms with van der Waals surface area (Å²) in [6, 6.07) is 0. The summed E-state index contributed by atoms with van der Waals surface area (Å²) in [5, 5.41) is 15.4. The zero-order valence-electron chi connectivity index (χ0n) is 17.5. The van der Waals surface area contributed by atoms with Crippen LogP contribution in [0.4, 0.5) is 0 Å². The van der Waals surface area contributed by atoms with Gasteiger partial charge in [-0.2, -0.15) is 0 Å². The molecule has 0 aromatic carbocycles. The van der Waals surface area contributed by atoms with E-state index >= 15 is 0 Å². The second kappa shape index (κ2) is 21.9. The molecule has 5 heteroatoms. The quantitative estimate of drug-likeness (QED) is 0.257. The van der Waals surface area contributed by atoms with Crippen LogP contribution >= 0.6 is 0 Å². The molecule has 0 aliphatic carbocycles. The Kier molecular flexibility index (Phi) is 22.9. The highest BCUT2D eigenvalue weighted by atomic mass is 16.4. The van der Waals surface area contributed by atoms with Crippen LogP contribution < -0.4 is 0 Å². The maximum absolute atomic E-state index is 9.43. The molecule has 0 heterocycles. The summed E-state index contributed by atoms with van der Waals surface area (Å²) in [7, 11) is 0. The first-order valence-corrected chi connectivity index (χ1v) is 10.6. The van der Waals surface area contributed by atoms with Crippen LogP contribution in [0.15, 0.2) is 0 Å². The van der Waals surface area contributed by atoms with E-state index in [0.717, 1.165) is 0 Å². The molecule has 0 saturated carbocycles. The van der Waals surface area contributed by atoms with Crippen molar-refractivity contribution in [3.8, 4) is 0 Å². The number of carbonyl (C=O) groups is 2. The zero-order valence-corrected chi connectivity index (χ0v) is 17.5. The molecule has 0 bridgehead atoms. The number of carboxylic acids is 2. The van der Waals surface area contributed by atoms with Gasteiger partial charge in [-0.15, -0.1) is 0 Å². The average molecular weight is 374 g/mol. The SMILES string of the molecule is CCCCCCN(CCCCCC)CCCCCC.O=C(O)CC(=O)O. The van der Waals surface area contributed by atoms with Crippen molar-refractivity contribution in [3.05, 3.63) is 0 Å². The van der Waals surface area contributed by atoms with E-state index in [1.807, 2.05) is 0 Å².